The van der Waals surface area contributed by atoms with E-state index in [9.17, 15) is 28.8 Å². The Balaban J connectivity index is 1.83. The molecule has 0 aliphatic heterocycles. The largest absolute Gasteiger partial charge is 0.514 e. The van der Waals surface area contributed by atoms with Gasteiger partial charge in [0, 0.05) is 22.1 Å². The zero-order chi connectivity index (χ0) is 61.0. The fourth-order valence-electron chi connectivity index (χ4n) is 8.32. The van der Waals surface area contributed by atoms with Gasteiger partial charge in [-0.25, -0.2) is 19.2 Å². The van der Waals surface area contributed by atoms with Crippen LogP contribution < -0.4 is 18.9 Å². The first kappa shape index (κ1) is 65.4. The number of benzene rings is 4. The molecule has 80 heavy (non-hydrogen) atoms. The maximum Gasteiger partial charge on any atom is 0.514 e. The minimum absolute atomic E-state index is 0.145. The van der Waals surface area contributed by atoms with Crippen molar-refractivity contribution in [3.05, 3.63) is 118 Å². The SMILES string of the molecule is CC(C)(C)OC(=O)Oc1ccc(C(C)(C(=O)OCOC(=O)CC(C)(c2ccc(OC(=O)OC(C)(C)C)c(C(C)(C)C)c2)c2ccc(OC(=O)OC(C)(C)C)c(C(C)(C)C)c2)c2ccc(OC(=O)OC(C)(C)C)c(C(C)(C)C)c2)cc1. The summed E-state index contributed by atoms with van der Waals surface area (Å²) in [7, 11) is 0. The summed E-state index contributed by atoms with van der Waals surface area (Å²) in [4.78, 5) is 81.1. The van der Waals surface area contributed by atoms with Crippen LogP contribution >= 0.6 is 0 Å². The summed E-state index contributed by atoms with van der Waals surface area (Å²) in [5, 5.41) is 0. The fourth-order valence-corrected chi connectivity index (χ4v) is 8.32. The van der Waals surface area contributed by atoms with E-state index in [0.29, 0.717) is 38.9 Å². The molecule has 0 aliphatic carbocycles. The smallest absolute Gasteiger partial charge is 0.428 e. The van der Waals surface area contributed by atoms with Crippen LogP contribution in [0.1, 0.15) is 205 Å². The van der Waals surface area contributed by atoms with E-state index in [-0.39, 0.29) is 29.4 Å². The number of carbonyl (C=O) groups is 6. The van der Waals surface area contributed by atoms with Gasteiger partial charge in [0.2, 0.25) is 6.79 Å². The standard InChI is InChI=1S/C64H86O16/c1-56(2,3)44-34-40(26-31-47(44)74-53(68)78-60(13,14)15)63(22,41-27-32-48(45(35-41)57(4,5)6)75-54(69)79-61(16,17)18)37-50(65)71-38-72-51(66)64(23,39-24-29-43(30-25-39)73-52(67)77-59(10,11)12)42-28-33-49(46(36-42)58(7,8)9)76-55(70)80-62(19,20)21/h24-36H,37-38H2,1-23H3. The van der Waals surface area contributed by atoms with Gasteiger partial charge in [-0.2, -0.15) is 0 Å². The first-order valence-electron chi connectivity index (χ1n) is 26.7. The molecule has 4 aromatic carbocycles. The van der Waals surface area contributed by atoms with Gasteiger partial charge in [0.05, 0.1) is 6.42 Å². The second-order valence-corrected chi connectivity index (χ2v) is 27.4. The minimum Gasteiger partial charge on any atom is -0.428 e. The third-order valence-corrected chi connectivity index (χ3v) is 12.3. The normalized spacial score (nSPS) is 13.4. The molecule has 0 fully saturated rings. The molecule has 0 saturated carbocycles. The summed E-state index contributed by atoms with van der Waals surface area (Å²) in [6.07, 6.45) is -3.90. The highest BCUT2D eigenvalue weighted by Crippen LogP contribution is 2.45. The maximum absolute atomic E-state index is 14.9. The van der Waals surface area contributed by atoms with Crippen molar-refractivity contribution in [3.63, 3.8) is 0 Å². The van der Waals surface area contributed by atoms with Crippen LogP contribution in [0.15, 0.2) is 78.9 Å². The zero-order valence-corrected chi connectivity index (χ0v) is 51.5. The molecule has 0 aromatic heterocycles. The van der Waals surface area contributed by atoms with Crippen molar-refractivity contribution in [2.24, 2.45) is 0 Å². The second-order valence-electron chi connectivity index (χ2n) is 27.4. The predicted octanol–water partition coefficient (Wildman–Crippen LogP) is 15.6. The number of ether oxygens (including phenoxy) is 10. The number of hydrogen-bond donors (Lipinski definition) is 0. The quantitative estimate of drug-likeness (QED) is 0.0530. The number of hydrogen-bond acceptors (Lipinski definition) is 16. The van der Waals surface area contributed by atoms with Crippen LogP contribution in [0.3, 0.4) is 0 Å². The van der Waals surface area contributed by atoms with Gasteiger partial charge < -0.3 is 47.4 Å². The van der Waals surface area contributed by atoms with Crippen molar-refractivity contribution in [1.82, 2.24) is 0 Å². The van der Waals surface area contributed by atoms with Crippen LogP contribution in [0.5, 0.6) is 23.0 Å². The van der Waals surface area contributed by atoms with Gasteiger partial charge in [-0.3, -0.25) is 9.59 Å². The first-order chi connectivity index (χ1) is 36.2. The molecule has 0 bridgehead atoms. The van der Waals surface area contributed by atoms with Crippen LogP contribution in [-0.4, -0.2) is 65.8 Å². The first-order valence-corrected chi connectivity index (χ1v) is 26.7. The Morgan fingerprint density at radius 3 is 0.975 bits per heavy atom. The van der Waals surface area contributed by atoms with Crippen LogP contribution in [0.2, 0.25) is 0 Å². The van der Waals surface area contributed by atoms with Crippen molar-refractivity contribution < 1.29 is 76.1 Å². The lowest BCUT2D eigenvalue weighted by Gasteiger charge is -2.34. The lowest BCUT2D eigenvalue weighted by atomic mass is 9.70. The molecule has 438 valence electrons. The lowest BCUT2D eigenvalue weighted by Crippen LogP contribution is -2.37. The summed E-state index contributed by atoms with van der Waals surface area (Å²) in [5.74, 6) is -0.688. The Labute approximate surface area is 473 Å². The Kier molecular flexibility index (Phi) is 19.6. The number of carbonyl (C=O) groups excluding carboxylic acids is 6. The van der Waals surface area contributed by atoms with E-state index in [1.165, 1.54) is 12.1 Å². The van der Waals surface area contributed by atoms with E-state index in [4.69, 9.17) is 47.4 Å². The van der Waals surface area contributed by atoms with E-state index >= 15 is 0 Å². The average Bonchev–Trinajstić information content (AvgIpc) is 3.25. The van der Waals surface area contributed by atoms with Crippen LogP contribution in [0.4, 0.5) is 19.2 Å². The molecule has 0 aliphatic rings. The van der Waals surface area contributed by atoms with Crippen molar-refractivity contribution in [2.75, 3.05) is 6.79 Å². The number of esters is 2. The lowest BCUT2D eigenvalue weighted by molar-refractivity contribution is -0.170. The Hall–Kier alpha value is -7.10. The third kappa shape index (κ3) is 18.5. The highest BCUT2D eigenvalue weighted by molar-refractivity contribution is 5.88. The van der Waals surface area contributed by atoms with Gasteiger partial charge in [0.1, 0.15) is 50.8 Å². The van der Waals surface area contributed by atoms with Crippen molar-refractivity contribution in [1.29, 1.82) is 0 Å². The second kappa shape index (κ2) is 23.9. The minimum atomic E-state index is -1.63. The molecule has 4 rings (SSSR count). The zero-order valence-electron chi connectivity index (χ0n) is 51.5. The summed E-state index contributed by atoms with van der Waals surface area (Å²) < 4.78 is 56.4. The highest BCUT2D eigenvalue weighted by Gasteiger charge is 2.42. The topological polar surface area (TPSA) is 195 Å². The van der Waals surface area contributed by atoms with Crippen molar-refractivity contribution >= 4 is 36.6 Å². The monoisotopic (exact) mass is 1110 g/mol. The molecule has 1 unspecified atom stereocenters. The van der Waals surface area contributed by atoms with E-state index < -0.39 is 92.8 Å². The van der Waals surface area contributed by atoms with Crippen molar-refractivity contribution in [2.45, 2.75) is 215 Å². The molecular formula is C64H86O16. The van der Waals surface area contributed by atoms with Gasteiger partial charge in [0.15, 0.2) is 0 Å². The third-order valence-electron chi connectivity index (χ3n) is 12.3. The molecule has 1 atom stereocenters. The Bertz CT molecular complexity index is 2810. The number of rotatable bonds is 13. The highest BCUT2D eigenvalue weighted by atomic mass is 16.8. The molecule has 0 radical (unpaired) electrons. The van der Waals surface area contributed by atoms with E-state index in [1.54, 1.807) is 145 Å². The van der Waals surface area contributed by atoms with E-state index in [2.05, 4.69) is 0 Å². The van der Waals surface area contributed by atoms with Crippen LogP contribution in [-0.2, 0) is 65.1 Å². The van der Waals surface area contributed by atoms with Crippen LogP contribution in [0.25, 0.3) is 0 Å². The molecule has 0 heterocycles. The molecule has 0 N–H and O–H groups in total. The molecule has 0 amide bonds. The van der Waals surface area contributed by atoms with E-state index in [1.807, 2.05) is 81.4 Å². The Morgan fingerprint density at radius 1 is 0.350 bits per heavy atom. The van der Waals surface area contributed by atoms with Gasteiger partial charge in [-0.15, -0.1) is 0 Å². The summed E-state index contributed by atoms with van der Waals surface area (Å²) in [5.41, 5.74) is -4.01. The van der Waals surface area contributed by atoms with Gasteiger partial charge in [0.25, 0.3) is 0 Å². The Morgan fingerprint density at radius 2 is 0.650 bits per heavy atom. The van der Waals surface area contributed by atoms with Crippen molar-refractivity contribution in [3.8, 4) is 23.0 Å². The molecular weight excluding hydrogens is 1020 g/mol. The average molecular weight is 1110 g/mol. The van der Waals surface area contributed by atoms with Gasteiger partial charge in [-0.05, 0) is 159 Å². The molecule has 16 heteroatoms. The molecule has 0 spiro atoms. The molecule has 4 aromatic rings. The van der Waals surface area contributed by atoms with Gasteiger partial charge in [-0.1, -0.05) is 118 Å². The summed E-state index contributed by atoms with van der Waals surface area (Å²) >= 11 is 0. The van der Waals surface area contributed by atoms with E-state index in [0.717, 1.165) is 0 Å². The fraction of sp³-hybridized carbons (Fsp3) is 0.531. The maximum atomic E-state index is 14.9. The summed E-state index contributed by atoms with van der Waals surface area (Å²) in [6.45, 7) is 41.0. The molecule has 0 saturated heterocycles. The predicted molar refractivity (Wildman–Crippen MR) is 304 cm³/mol. The molecule has 16 nitrogen and oxygen atoms in total. The van der Waals surface area contributed by atoms with Crippen LogP contribution in [0, 0.1) is 0 Å². The summed E-state index contributed by atoms with van der Waals surface area (Å²) in [6, 6.07) is 21.8. The van der Waals surface area contributed by atoms with Gasteiger partial charge >= 0.3 is 36.6 Å².